The summed E-state index contributed by atoms with van der Waals surface area (Å²) in [5.41, 5.74) is 4.15. The molecule has 1 aromatic heterocycles. The van der Waals surface area contributed by atoms with Gasteiger partial charge in [0.2, 0.25) is 0 Å². The summed E-state index contributed by atoms with van der Waals surface area (Å²) < 4.78 is 0. The lowest BCUT2D eigenvalue weighted by atomic mass is 10.2. The van der Waals surface area contributed by atoms with Crippen molar-refractivity contribution >= 4 is 46.2 Å². The molecule has 7 nitrogen and oxygen atoms in total. The highest BCUT2D eigenvalue weighted by Gasteiger charge is 2.14. The van der Waals surface area contributed by atoms with Crippen LogP contribution < -0.4 is 10.2 Å². The molecule has 1 aliphatic rings. The van der Waals surface area contributed by atoms with Crippen molar-refractivity contribution in [1.82, 2.24) is 15.2 Å². The smallest absolute Gasteiger partial charge is 0.251 e. The fraction of sp³-hybridized carbons (Fsp3) is 0.214. The zero-order chi connectivity index (χ0) is 25.1. The summed E-state index contributed by atoms with van der Waals surface area (Å²) in [6.07, 6.45) is 1.71. The molecule has 3 aromatic carbocycles. The molecule has 0 aliphatic carbocycles. The molecule has 1 aliphatic heterocycles. The first-order chi connectivity index (χ1) is 17.5. The van der Waals surface area contributed by atoms with Crippen LogP contribution in [0, 0.1) is 0 Å². The predicted octanol–water partition coefficient (Wildman–Crippen LogP) is 4.89. The van der Waals surface area contributed by atoms with Crippen molar-refractivity contribution in [3.63, 3.8) is 0 Å². The van der Waals surface area contributed by atoms with Crippen molar-refractivity contribution in [2.45, 2.75) is 9.79 Å². The molecule has 5 rings (SSSR count). The van der Waals surface area contributed by atoms with Crippen LogP contribution in [0.4, 0.5) is 11.4 Å². The summed E-state index contributed by atoms with van der Waals surface area (Å²) in [7, 11) is 3.78. The van der Waals surface area contributed by atoms with Crippen LogP contribution in [0.3, 0.4) is 0 Å². The summed E-state index contributed by atoms with van der Waals surface area (Å²) >= 11 is 1.56. The van der Waals surface area contributed by atoms with Crippen molar-refractivity contribution in [3.05, 3.63) is 77.9 Å². The Morgan fingerprint density at radius 2 is 1.78 bits per heavy atom. The maximum Gasteiger partial charge on any atom is 0.251 e. The van der Waals surface area contributed by atoms with Crippen LogP contribution in [0.5, 0.6) is 5.88 Å². The highest BCUT2D eigenvalue weighted by atomic mass is 32.2. The summed E-state index contributed by atoms with van der Waals surface area (Å²) in [5.74, 6) is -0.0216. The Labute approximate surface area is 214 Å². The van der Waals surface area contributed by atoms with E-state index < -0.39 is 0 Å². The molecule has 184 valence electrons. The van der Waals surface area contributed by atoms with Crippen LogP contribution in [-0.4, -0.2) is 67.4 Å². The maximum absolute atomic E-state index is 11.9. The van der Waals surface area contributed by atoms with E-state index in [1.54, 1.807) is 31.1 Å². The fourth-order valence-electron chi connectivity index (χ4n) is 4.31. The van der Waals surface area contributed by atoms with Gasteiger partial charge in [0, 0.05) is 65.9 Å². The average molecular weight is 500 g/mol. The Morgan fingerprint density at radius 3 is 2.53 bits per heavy atom. The third-order valence-corrected chi connectivity index (χ3v) is 7.39. The Morgan fingerprint density at radius 1 is 1.03 bits per heavy atom. The lowest BCUT2D eigenvalue weighted by Gasteiger charge is -2.34. The van der Waals surface area contributed by atoms with Gasteiger partial charge in [-0.25, -0.2) is 0 Å². The molecule has 8 heteroatoms. The van der Waals surface area contributed by atoms with E-state index in [1.165, 1.54) is 5.69 Å². The molecule has 36 heavy (non-hydrogen) atoms. The average Bonchev–Trinajstić information content (AvgIpc) is 3.22. The SMILES string of the molecule is CNC(=O)c1cccc(Sc2ccc3c(C=Nc4ccc(N5CCN(C)CC5)cc4)c(O)[nH]c3c2)c1. The molecule has 2 heterocycles. The number of aromatic hydroxyl groups is 1. The zero-order valence-electron chi connectivity index (χ0n) is 20.4. The minimum absolute atomic E-state index is 0.0894. The number of aromatic amines is 1. The standard InChI is InChI=1S/C28H29N5O2S/c1-29-27(34)19-4-3-5-22(16-19)36-23-10-11-24-25(28(35)31-26(24)17-23)18-30-20-6-8-21(9-7-20)33-14-12-32(2)13-15-33/h3-11,16-18,31,35H,12-15H2,1-2H3,(H,29,34). The molecule has 1 saturated heterocycles. The van der Waals surface area contributed by atoms with Gasteiger partial charge in [0.05, 0.1) is 16.8 Å². The van der Waals surface area contributed by atoms with Gasteiger partial charge in [-0.1, -0.05) is 23.9 Å². The van der Waals surface area contributed by atoms with Crippen LogP contribution >= 0.6 is 11.8 Å². The Hall–Kier alpha value is -3.75. The molecule has 0 bridgehead atoms. The van der Waals surface area contributed by atoms with E-state index in [2.05, 4.69) is 44.3 Å². The van der Waals surface area contributed by atoms with Gasteiger partial charge in [-0.15, -0.1) is 0 Å². The minimum atomic E-state index is -0.111. The molecular formula is C28H29N5O2S. The van der Waals surface area contributed by atoms with E-state index in [0.29, 0.717) is 11.1 Å². The third kappa shape index (κ3) is 5.24. The van der Waals surface area contributed by atoms with E-state index in [9.17, 15) is 9.90 Å². The molecule has 0 radical (unpaired) electrons. The number of nitrogens with one attached hydrogen (secondary N) is 2. The summed E-state index contributed by atoms with van der Waals surface area (Å²) in [6.45, 7) is 4.20. The van der Waals surface area contributed by atoms with Crippen molar-refractivity contribution in [2.75, 3.05) is 45.2 Å². The van der Waals surface area contributed by atoms with Crippen molar-refractivity contribution in [2.24, 2.45) is 4.99 Å². The maximum atomic E-state index is 11.9. The minimum Gasteiger partial charge on any atom is -0.494 e. The van der Waals surface area contributed by atoms with E-state index in [1.807, 2.05) is 48.5 Å². The molecule has 1 amide bonds. The number of hydrogen-bond donors (Lipinski definition) is 3. The van der Waals surface area contributed by atoms with Gasteiger partial charge in [0.15, 0.2) is 5.88 Å². The van der Waals surface area contributed by atoms with Crippen molar-refractivity contribution in [1.29, 1.82) is 0 Å². The number of carbonyl (C=O) groups excluding carboxylic acids is 1. The predicted molar refractivity (Wildman–Crippen MR) is 147 cm³/mol. The number of hydrogen-bond acceptors (Lipinski definition) is 6. The highest BCUT2D eigenvalue weighted by Crippen LogP contribution is 2.33. The van der Waals surface area contributed by atoms with Gasteiger partial charge in [0.25, 0.3) is 5.91 Å². The number of benzene rings is 3. The number of aliphatic imine (C=N–C) groups is 1. The second-order valence-electron chi connectivity index (χ2n) is 8.87. The number of carbonyl (C=O) groups is 1. The van der Waals surface area contributed by atoms with Gasteiger partial charge < -0.3 is 25.2 Å². The van der Waals surface area contributed by atoms with E-state index >= 15 is 0 Å². The molecule has 3 N–H and O–H groups in total. The van der Waals surface area contributed by atoms with Gasteiger partial charge in [-0.3, -0.25) is 9.79 Å². The van der Waals surface area contributed by atoms with Gasteiger partial charge in [-0.2, -0.15) is 0 Å². The number of piperazine rings is 1. The van der Waals surface area contributed by atoms with Gasteiger partial charge in [-0.05, 0) is 61.6 Å². The Kier molecular flexibility index (Phi) is 6.97. The monoisotopic (exact) mass is 499 g/mol. The van der Waals surface area contributed by atoms with Crippen LogP contribution in [-0.2, 0) is 0 Å². The van der Waals surface area contributed by atoms with E-state index in [4.69, 9.17) is 0 Å². The first kappa shape index (κ1) is 24.0. The largest absolute Gasteiger partial charge is 0.494 e. The zero-order valence-corrected chi connectivity index (χ0v) is 21.2. The molecular weight excluding hydrogens is 470 g/mol. The van der Waals surface area contributed by atoms with Gasteiger partial charge >= 0.3 is 0 Å². The summed E-state index contributed by atoms with van der Waals surface area (Å²) in [5, 5.41) is 14.1. The first-order valence-electron chi connectivity index (χ1n) is 11.9. The molecule has 0 unspecified atom stereocenters. The second kappa shape index (κ2) is 10.5. The molecule has 0 saturated carbocycles. The number of fused-ring (bicyclic) bond motifs is 1. The number of nitrogens with zero attached hydrogens (tertiary/aromatic N) is 3. The molecule has 1 fully saturated rings. The normalized spacial score (nSPS) is 14.6. The number of anilines is 1. The number of amides is 1. The van der Waals surface area contributed by atoms with Gasteiger partial charge in [0.1, 0.15) is 0 Å². The molecule has 4 aromatic rings. The highest BCUT2D eigenvalue weighted by molar-refractivity contribution is 7.99. The number of rotatable bonds is 6. The third-order valence-electron chi connectivity index (χ3n) is 6.41. The topological polar surface area (TPSA) is 84.0 Å². The fourth-order valence-corrected chi connectivity index (χ4v) is 5.23. The van der Waals surface area contributed by atoms with Crippen molar-refractivity contribution < 1.29 is 9.90 Å². The number of H-pyrrole nitrogens is 1. The van der Waals surface area contributed by atoms with Crippen LogP contribution in [0.2, 0.25) is 0 Å². The van der Waals surface area contributed by atoms with E-state index in [-0.39, 0.29) is 11.8 Å². The first-order valence-corrected chi connectivity index (χ1v) is 12.7. The summed E-state index contributed by atoms with van der Waals surface area (Å²) in [6, 6.07) is 21.7. The molecule has 0 atom stereocenters. The van der Waals surface area contributed by atoms with Crippen LogP contribution in [0.1, 0.15) is 15.9 Å². The van der Waals surface area contributed by atoms with Crippen molar-refractivity contribution in [3.8, 4) is 5.88 Å². The second-order valence-corrected chi connectivity index (χ2v) is 10.0. The van der Waals surface area contributed by atoms with Crippen LogP contribution in [0.15, 0.2) is 81.5 Å². The number of likely N-dealkylation sites (N-methyl/N-ethyl adjacent to an activating group) is 1. The van der Waals surface area contributed by atoms with E-state index in [0.717, 1.165) is 52.6 Å². The quantitative estimate of drug-likeness (QED) is 0.329. The lowest BCUT2D eigenvalue weighted by molar-refractivity contribution is 0.0963. The lowest BCUT2D eigenvalue weighted by Crippen LogP contribution is -2.44. The Bertz CT molecular complexity index is 1410. The molecule has 0 spiro atoms. The number of aromatic nitrogens is 1. The van der Waals surface area contributed by atoms with Crippen LogP contribution in [0.25, 0.3) is 10.9 Å². The summed E-state index contributed by atoms with van der Waals surface area (Å²) in [4.78, 5) is 26.3. The Balaban J connectivity index is 1.31.